The van der Waals surface area contributed by atoms with Gasteiger partial charge in [0.15, 0.2) is 0 Å². The minimum Gasteiger partial charge on any atom is -0.369 e. The Bertz CT molecular complexity index is 987. The second-order valence-electron chi connectivity index (χ2n) is 8.09. The summed E-state index contributed by atoms with van der Waals surface area (Å²) in [5, 5.41) is 16.0. The minimum atomic E-state index is -0.287. The Labute approximate surface area is 198 Å². The number of benzene rings is 2. The molecular weight excluding hydrogens is 442 g/mol. The van der Waals surface area contributed by atoms with Crippen molar-refractivity contribution in [1.29, 1.82) is 5.26 Å². The van der Waals surface area contributed by atoms with E-state index in [2.05, 4.69) is 57.0 Å². The molecule has 1 amide bonds. The molecule has 32 heavy (non-hydrogen) atoms. The molecule has 0 saturated carbocycles. The van der Waals surface area contributed by atoms with Crippen molar-refractivity contribution in [3.05, 3.63) is 47.5 Å². The zero-order valence-corrected chi connectivity index (χ0v) is 19.8. The topological polar surface area (TPSA) is 71.4 Å². The number of thioether (sulfide) groups is 1. The lowest BCUT2D eigenvalue weighted by Crippen LogP contribution is -2.43. The van der Waals surface area contributed by atoms with Gasteiger partial charge in [0.25, 0.3) is 0 Å². The van der Waals surface area contributed by atoms with Crippen LogP contribution in [0.4, 0.5) is 11.4 Å². The van der Waals surface area contributed by atoms with Crippen LogP contribution in [0.5, 0.6) is 0 Å². The highest BCUT2D eigenvalue weighted by molar-refractivity contribution is 7.99. The van der Waals surface area contributed by atoms with E-state index in [4.69, 9.17) is 16.9 Å². The molecule has 0 spiro atoms. The summed E-state index contributed by atoms with van der Waals surface area (Å²) in [6, 6.07) is 16.2. The lowest BCUT2D eigenvalue weighted by molar-refractivity contribution is -0.121. The van der Waals surface area contributed by atoms with Gasteiger partial charge in [-0.25, -0.2) is 0 Å². The first-order valence-electron chi connectivity index (χ1n) is 10.9. The second-order valence-corrected chi connectivity index (χ2v) is 9.63. The highest BCUT2D eigenvalue weighted by Gasteiger charge is 2.36. The van der Waals surface area contributed by atoms with Crippen LogP contribution < -0.4 is 20.4 Å². The number of rotatable bonds is 6. The molecule has 2 aromatic carbocycles. The maximum absolute atomic E-state index is 12.7. The number of nitrogens with zero attached hydrogens (tertiary/aromatic N) is 3. The van der Waals surface area contributed by atoms with E-state index in [1.807, 2.05) is 18.2 Å². The summed E-state index contributed by atoms with van der Waals surface area (Å²) >= 11 is 8.37. The molecule has 2 aliphatic heterocycles. The van der Waals surface area contributed by atoms with Gasteiger partial charge in [-0.2, -0.15) is 17.0 Å². The van der Waals surface area contributed by atoms with Crippen LogP contribution in [0.1, 0.15) is 6.42 Å². The SMILES string of the molecule is CS[C@@H]1C[C@@H](C(=O)NCC#N)N(c2ccc(Cl)c(-c3ccc(N4CCNCC4)cc3)c2)C1. The van der Waals surface area contributed by atoms with Gasteiger partial charge in [0.1, 0.15) is 12.6 Å². The summed E-state index contributed by atoms with van der Waals surface area (Å²) < 4.78 is 0. The quantitative estimate of drug-likeness (QED) is 0.632. The Hall–Kier alpha value is -2.40. The van der Waals surface area contributed by atoms with E-state index < -0.39 is 0 Å². The molecule has 2 saturated heterocycles. The maximum atomic E-state index is 12.7. The van der Waals surface area contributed by atoms with Gasteiger partial charge in [0.2, 0.25) is 5.91 Å². The normalized spacial score (nSPS) is 20.8. The standard InChI is InChI=1S/C24H28ClN5OS/c1-32-20-15-23(24(31)28-9-8-26)30(16-20)19-6-7-22(25)21(14-19)17-2-4-18(5-3-17)29-12-10-27-11-13-29/h2-7,14,20,23,27H,9-13,15-16H2,1H3,(H,28,31)/t20-,23+/m1/s1. The number of carbonyl (C=O) groups is 1. The van der Waals surface area contributed by atoms with Gasteiger partial charge in [-0.3, -0.25) is 4.79 Å². The first-order chi connectivity index (χ1) is 15.6. The number of nitriles is 1. The van der Waals surface area contributed by atoms with Gasteiger partial charge in [-0.05, 0) is 48.6 Å². The molecule has 2 aromatic rings. The average molecular weight is 470 g/mol. The molecule has 0 radical (unpaired) electrons. The molecule has 2 aliphatic rings. The zero-order valence-electron chi connectivity index (χ0n) is 18.2. The zero-order chi connectivity index (χ0) is 22.5. The summed E-state index contributed by atoms with van der Waals surface area (Å²) in [6.45, 7) is 4.84. The third kappa shape index (κ3) is 4.98. The molecule has 0 aliphatic carbocycles. The number of amides is 1. The molecule has 168 valence electrons. The number of nitrogens with one attached hydrogen (secondary N) is 2. The van der Waals surface area contributed by atoms with E-state index in [1.54, 1.807) is 11.8 Å². The van der Waals surface area contributed by atoms with Crippen LogP contribution >= 0.6 is 23.4 Å². The molecule has 2 fully saturated rings. The predicted molar refractivity (Wildman–Crippen MR) is 134 cm³/mol. The first kappa shape index (κ1) is 22.8. The van der Waals surface area contributed by atoms with Gasteiger partial charge in [0, 0.05) is 59.9 Å². The van der Waals surface area contributed by atoms with Crippen LogP contribution in [0.25, 0.3) is 11.1 Å². The lowest BCUT2D eigenvalue weighted by atomic mass is 10.0. The summed E-state index contributed by atoms with van der Waals surface area (Å²) in [5.74, 6) is -0.0972. The molecule has 2 atom stereocenters. The van der Waals surface area contributed by atoms with Gasteiger partial charge in [-0.15, -0.1) is 0 Å². The van der Waals surface area contributed by atoms with Crippen molar-refractivity contribution in [2.24, 2.45) is 0 Å². The molecule has 2 heterocycles. The van der Waals surface area contributed by atoms with E-state index in [0.29, 0.717) is 10.3 Å². The van der Waals surface area contributed by atoms with E-state index in [0.717, 1.165) is 56.0 Å². The van der Waals surface area contributed by atoms with E-state index >= 15 is 0 Å². The average Bonchev–Trinajstić information content (AvgIpc) is 3.28. The third-order valence-electron chi connectivity index (χ3n) is 6.18. The Morgan fingerprint density at radius 2 is 1.94 bits per heavy atom. The van der Waals surface area contributed by atoms with Gasteiger partial charge in [0.05, 0.1) is 6.07 Å². The van der Waals surface area contributed by atoms with Crippen molar-refractivity contribution in [2.45, 2.75) is 17.7 Å². The van der Waals surface area contributed by atoms with Crippen molar-refractivity contribution in [3.8, 4) is 17.2 Å². The number of carbonyl (C=O) groups excluding carboxylic acids is 1. The third-order valence-corrected chi connectivity index (χ3v) is 7.52. The fourth-order valence-electron chi connectivity index (χ4n) is 4.43. The minimum absolute atomic E-state index is 0.0262. The fraction of sp³-hybridized carbons (Fsp3) is 0.417. The predicted octanol–water partition coefficient (Wildman–Crippen LogP) is 3.37. The smallest absolute Gasteiger partial charge is 0.243 e. The number of anilines is 2. The van der Waals surface area contributed by atoms with Crippen molar-refractivity contribution in [3.63, 3.8) is 0 Å². The van der Waals surface area contributed by atoms with Crippen LogP contribution in [-0.2, 0) is 4.79 Å². The first-order valence-corrected chi connectivity index (χ1v) is 12.6. The Morgan fingerprint density at radius 1 is 1.22 bits per heavy atom. The Morgan fingerprint density at radius 3 is 2.62 bits per heavy atom. The molecule has 0 unspecified atom stereocenters. The summed E-state index contributed by atoms with van der Waals surface area (Å²) in [7, 11) is 0. The second kappa shape index (κ2) is 10.5. The van der Waals surface area contributed by atoms with Crippen LogP contribution in [-0.4, -0.2) is 62.7 Å². The molecule has 0 aromatic heterocycles. The Balaban J connectivity index is 1.59. The van der Waals surface area contributed by atoms with Crippen molar-refractivity contribution in [1.82, 2.24) is 10.6 Å². The molecule has 8 heteroatoms. The Kier molecular flexibility index (Phi) is 7.46. The molecule has 2 N–H and O–H groups in total. The maximum Gasteiger partial charge on any atom is 0.243 e. The number of halogens is 1. The van der Waals surface area contributed by atoms with Crippen LogP contribution in [0.3, 0.4) is 0 Å². The number of hydrogen-bond donors (Lipinski definition) is 2. The monoisotopic (exact) mass is 469 g/mol. The highest BCUT2D eigenvalue weighted by atomic mass is 35.5. The van der Waals surface area contributed by atoms with E-state index in [-0.39, 0.29) is 18.5 Å². The van der Waals surface area contributed by atoms with Crippen molar-refractivity contribution in [2.75, 3.05) is 55.3 Å². The van der Waals surface area contributed by atoms with Crippen molar-refractivity contribution >= 4 is 40.6 Å². The van der Waals surface area contributed by atoms with Crippen LogP contribution in [0.2, 0.25) is 5.02 Å². The molecule has 0 bridgehead atoms. The van der Waals surface area contributed by atoms with Crippen LogP contribution in [0.15, 0.2) is 42.5 Å². The van der Waals surface area contributed by atoms with Gasteiger partial charge >= 0.3 is 0 Å². The van der Waals surface area contributed by atoms with Gasteiger partial charge < -0.3 is 20.4 Å². The largest absolute Gasteiger partial charge is 0.369 e. The van der Waals surface area contributed by atoms with Crippen molar-refractivity contribution < 1.29 is 4.79 Å². The molecule has 6 nitrogen and oxygen atoms in total. The lowest BCUT2D eigenvalue weighted by Gasteiger charge is -2.29. The van der Waals surface area contributed by atoms with E-state index in [1.165, 1.54) is 5.69 Å². The summed E-state index contributed by atoms with van der Waals surface area (Å²) in [6.07, 6.45) is 2.83. The number of piperazine rings is 1. The summed E-state index contributed by atoms with van der Waals surface area (Å²) in [4.78, 5) is 17.2. The molecular formula is C24H28ClN5OS. The molecule has 4 rings (SSSR count). The van der Waals surface area contributed by atoms with E-state index in [9.17, 15) is 4.79 Å². The fourth-order valence-corrected chi connectivity index (χ4v) is 5.35. The number of hydrogen-bond acceptors (Lipinski definition) is 6. The van der Waals surface area contributed by atoms with Gasteiger partial charge in [-0.1, -0.05) is 23.7 Å². The highest BCUT2D eigenvalue weighted by Crippen LogP contribution is 2.37. The van der Waals surface area contributed by atoms with Crippen LogP contribution in [0, 0.1) is 11.3 Å². The summed E-state index contributed by atoms with van der Waals surface area (Å²) in [5.41, 5.74) is 4.21.